The van der Waals surface area contributed by atoms with E-state index in [0.29, 0.717) is 34.4 Å². The molecule has 29 heavy (non-hydrogen) atoms. The molecule has 154 valence electrons. The van der Waals surface area contributed by atoms with E-state index >= 15 is 0 Å². The molecule has 5 fully saturated rings. The number of amides is 2. The van der Waals surface area contributed by atoms with E-state index in [9.17, 15) is 9.59 Å². The van der Waals surface area contributed by atoms with Gasteiger partial charge >= 0.3 is 0 Å². The van der Waals surface area contributed by atoms with Crippen LogP contribution in [0.3, 0.4) is 0 Å². The minimum atomic E-state index is -0.0992. The van der Waals surface area contributed by atoms with Crippen LogP contribution < -0.4 is 5.32 Å². The van der Waals surface area contributed by atoms with Gasteiger partial charge in [-0.25, -0.2) is 0 Å². The van der Waals surface area contributed by atoms with E-state index in [1.54, 1.807) is 29.4 Å². The highest BCUT2D eigenvalue weighted by Crippen LogP contribution is 2.55. The summed E-state index contributed by atoms with van der Waals surface area (Å²) in [6.45, 7) is 0.481. The van der Waals surface area contributed by atoms with E-state index in [0.717, 1.165) is 37.0 Å². The van der Waals surface area contributed by atoms with Crippen LogP contribution in [0, 0.1) is 17.8 Å². The molecule has 0 radical (unpaired) electrons. The molecule has 1 aromatic rings. The summed E-state index contributed by atoms with van der Waals surface area (Å²) in [7, 11) is 0. The van der Waals surface area contributed by atoms with Crippen LogP contribution in [0.2, 0.25) is 0 Å². The van der Waals surface area contributed by atoms with Crippen LogP contribution in [-0.4, -0.2) is 33.1 Å². The summed E-state index contributed by atoms with van der Waals surface area (Å²) < 4.78 is 5.84. The molecule has 0 spiro atoms. The Morgan fingerprint density at radius 1 is 1.28 bits per heavy atom. The summed E-state index contributed by atoms with van der Waals surface area (Å²) in [6.07, 6.45) is 12.0. The van der Waals surface area contributed by atoms with Crippen LogP contribution >= 0.6 is 24.0 Å². The lowest BCUT2D eigenvalue weighted by molar-refractivity contribution is -0.127. The van der Waals surface area contributed by atoms with E-state index in [2.05, 4.69) is 5.32 Å². The van der Waals surface area contributed by atoms with Crippen LogP contribution in [-0.2, 0) is 9.59 Å². The number of carbonyl (C=O) groups excluding carboxylic acids is 2. The number of thiocarbonyl (C=S) groups is 1. The SMILES string of the molecule is O=C(CCCN1C(=O)/C(=C\c2ccco2)SC1=S)NC12CC3CC(CC(C3)C1)C2. The maximum atomic E-state index is 12.7. The summed E-state index contributed by atoms with van der Waals surface area (Å²) in [6, 6.07) is 3.59. The van der Waals surface area contributed by atoms with Gasteiger partial charge in [-0.05, 0) is 74.8 Å². The number of nitrogens with zero attached hydrogens (tertiary/aromatic N) is 1. The van der Waals surface area contributed by atoms with Gasteiger partial charge in [-0.3, -0.25) is 14.5 Å². The lowest BCUT2D eigenvalue weighted by Gasteiger charge is -2.56. The van der Waals surface area contributed by atoms with Gasteiger partial charge in [0.05, 0.1) is 11.2 Å². The zero-order valence-corrected chi connectivity index (χ0v) is 18.0. The fourth-order valence-electron chi connectivity index (χ4n) is 6.22. The normalized spacial score (nSPS) is 34.4. The topological polar surface area (TPSA) is 62.6 Å². The summed E-state index contributed by atoms with van der Waals surface area (Å²) in [5.74, 6) is 3.12. The molecule has 2 amide bonds. The van der Waals surface area contributed by atoms with E-state index < -0.39 is 0 Å². The van der Waals surface area contributed by atoms with Gasteiger partial charge in [0.25, 0.3) is 5.91 Å². The van der Waals surface area contributed by atoms with Crippen molar-refractivity contribution in [1.29, 1.82) is 0 Å². The molecule has 0 atom stereocenters. The Kier molecular flexibility index (Phi) is 5.06. The average molecular weight is 431 g/mol. The largest absolute Gasteiger partial charge is 0.465 e. The highest BCUT2D eigenvalue weighted by molar-refractivity contribution is 8.26. The molecule has 4 saturated carbocycles. The van der Waals surface area contributed by atoms with Crippen LogP contribution in [0.15, 0.2) is 27.7 Å². The summed E-state index contributed by atoms with van der Waals surface area (Å²) >= 11 is 6.66. The summed E-state index contributed by atoms with van der Waals surface area (Å²) in [4.78, 5) is 27.5. The first-order valence-electron chi connectivity index (χ1n) is 10.6. The molecule has 7 heteroatoms. The third-order valence-corrected chi connectivity index (χ3v) is 8.30. The molecule has 1 aliphatic heterocycles. The van der Waals surface area contributed by atoms with Gasteiger partial charge in [0.1, 0.15) is 10.1 Å². The van der Waals surface area contributed by atoms with Gasteiger partial charge in [0.2, 0.25) is 5.91 Å². The maximum Gasteiger partial charge on any atom is 0.266 e. The van der Waals surface area contributed by atoms with Gasteiger partial charge in [0.15, 0.2) is 0 Å². The second-order valence-electron chi connectivity index (χ2n) is 9.20. The first-order chi connectivity index (χ1) is 14.0. The quantitative estimate of drug-likeness (QED) is 0.537. The number of carbonyl (C=O) groups is 2. The molecule has 4 bridgehead atoms. The van der Waals surface area contributed by atoms with Crippen molar-refractivity contribution >= 4 is 46.2 Å². The van der Waals surface area contributed by atoms with Crippen molar-refractivity contribution in [2.24, 2.45) is 17.8 Å². The predicted molar refractivity (Wildman–Crippen MR) is 117 cm³/mol. The first kappa shape index (κ1) is 19.4. The minimum Gasteiger partial charge on any atom is -0.465 e. The number of furan rings is 1. The second kappa shape index (κ2) is 7.58. The van der Waals surface area contributed by atoms with Crippen molar-refractivity contribution in [3.63, 3.8) is 0 Å². The highest BCUT2D eigenvalue weighted by Gasteiger charge is 2.51. The summed E-state index contributed by atoms with van der Waals surface area (Å²) in [5.41, 5.74) is 0.0550. The fourth-order valence-corrected chi connectivity index (χ4v) is 7.50. The van der Waals surface area contributed by atoms with Gasteiger partial charge < -0.3 is 9.73 Å². The fraction of sp³-hybridized carbons (Fsp3) is 0.591. The van der Waals surface area contributed by atoms with Gasteiger partial charge in [-0.1, -0.05) is 24.0 Å². The van der Waals surface area contributed by atoms with Gasteiger partial charge in [0, 0.05) is 24.6 Å². The van der Waals surface area contributed by atoms with Crippen LogP contribution in [0.5, 0.6) is 0 Å². The monoisotopic (exact) mass is 430 g/mol. The number of hydrogen-bond acceptors (Lipinski definition) is 5. The molecule has 4 aliphatic carbocycles. The number of nitrogens with one attached hydrogen (secondary N) is 1. The van der Waals surface area contributed by atoms with Crippen molar-refractivity contribution in [1.82, 2.24) is 10.2 Å². The van der Waals surface area contributed by atoms with Gasteiger partial charge in [-0.15, -0.1) is 0 Å². The molecule has 0 aromatic carbocycles. The number of rotatable bonds is 6. The highest BCUT2D eigenvalue weighted by atomic mass is 32.2. The Morgan fingerprint density at radius 3 is 2.59 bits per heavy atom. The Morgan fingerprint density at radius 2 is 1.97 bits per heavy atom. The van der Waals surface area contributed by atoms with Crippen LogP contribution in [0.4, 0.5) is 0 Å². The molecular formula is C22H26N2O3S2. The Bertz CT molecular complexity index is 826. The molecule has 1 saturated heterocycles. The predicted octanol–water partition coefficient (Wildman–Crippen LogP) is 4.35. The van der Waals surface area contributed by atoms with E-state index in [1.165, 1.54) is 31.0 Å². The standard InChI is InChI=1S/C22H26N2O3S2/c25-19(23-22-11-14-7-15(12-22)9-16(8-14)13-22)4-1-5-24-20(26)18(29-21(24)28)10-17-3-2-6-27-17/h2-3,6,10,14-16H,1,4-5,7-9,11-13H2,(H,23,25)/b18-10+. The molecule has 1 aromatic heterocycles. The van der Waals surface area contributed by atoms with Crippen LogP contribution in [0.25, 0.3) is 6.08 Å². The minimum absolute atomic E-state index is 0.0550. The zero-order chi connectivity index (χ0) is 20.0. The molecule has 1 N–H and O–H groups in total. The average Bonchev–Trinajstić information content (AvgIpc) is 3.24. The van der Waals surface area contributed by atoms with Crippen molar-refractivity contribution in [3.05, 3.63) is 29.1 Å². The second-order valence-corrected chi connectivity index (χ2v) is 10.9. The van der Waals surface area contributed by atoms with Gasteiger partial charge in [-0.2, -0.15) is 0 Å². The molecule has 5 aliphatic rings. The van der Waals surface area contributed by atoms with Crippen molar-refractivity contribution in [2.75, 3.05) is 6.54 Å². The first-order valence-corrected chi connectivity index (χ1v) is 11.8. The Hall–Kier alpha value is -1.60. The zero-order valence-electron chi connectivity index (χ0n) is 16.4. The molecule has 2 heterocycles. The van der Waals surface area contributed by atoms with Crippen molar-refractivity contribution in [2.45, 2.75) is 56.9 Å². The Labute approximate surface area is 180 Å². The number of hydrogen-bond donors (Lipinski definition) is 1. The van der Waals surface area contributed by atoms with E-state index in [4.69, 9.17) is 16.6 Å². The summed E-state index contributed by atoms with van der Waals surface area (Å²) in [5, 5.41) is 3.41. The lowest BCUT2D eigenvalue weighted by atomic mass is 9.53. The molecule has 5 nitrogen and oxygen atoms in total. The molecule has 6 rings (SSSR count). The van der Waals surface area contributed by atoms with Crippen molar-refractivity contribution < 1.29 is 14.0 Å². The lowest BCUT2D eigenvalue weighted by Crippen LogP contribution is -2.59. The third-order valence-electron chi connectivity index (χ3n) is 6.92. The number of thioether (sulfide) groups is 1. The van der Waals surface area contributed by atoms with Crippen molar-refractivity contribution in [3.8, 4) is 0 Å². The molecule has 0 unspecified atom stereocenters. The van der Waals surface area contributed by atoms with E-state index in [1.807, 2.05) is 0 Å². The maximum absolute atomic E-state index is 12.7. The smallest absolute Gasteiger partial charge is 0.266 e. The van der Waals surface area contributed by atoms with E-state index in [-0.39, 0.29) is 17.4 Å². The Balaban J connectivity index is 1.13. The third kappa shape index (κ3) is 3.91. The van der Waals surface area contributed by atoms with Crippen LogP contribution in [0.1, 0.15) is 57.1 Å². The molecular weight excluding hydrogens is 404 g/mol.